The first-order valence-corrected chi connectivity index (χ1v) is 9.95. The molecular formula is C20H29F3N4O2. The Hall–Kier alpha value is -2.00. The van der Waals surface area contributed by atoms with Crippen molar-refractivity contribution < 1.29 is 22.7 Å². The van der Waals surface area contributed by atoms with E-state index in [-0.39, 0.29) is 11.6 Å². The number of anilines is 1. The molecule has 2 aliphatic heterocycles. The number of carbonyl (C=O) groups excluding carboxylic acids is 1. The van der Waals surface area contributed by atoms with Crippen LogP contribution in [0.4, 0.5) is 23.7 Å². The Kier molecular flexibility index (Phi) is 6.58. The Balaban J connectivity index is 1.49. The Morgan fingerprint density at radius 3 is 2.34 bits per heavy atom. The maximum Gasteiger partial charge on any atom is 0.416 e. The maximum absolute atomic E-state index is 12.9. The standard InChI is InChI=1S/C20H29F3N4O2/c1-19(2,27-10-12-29-13-11-27)15-24-18(28)26-8-6-25(7-9-26)17-5-3-4-16(14-17)20(21,22)23/h3-5,14H,6-13,15H2,1-2H3,(H,24,28). The van der Waals surface area contributed by atoms with E-state index < -0.39 is 11.7 Å². The highest BCUT2D eigenvalue weighted by atomic mass is 19.4. The van der Waals surface area contributed by atoms with Crippen LogP contribution >= 0.6 is 0 Å². The third-order valence-corrected chi connectivity index (χ3v) is 5.64. The summed E-state index contributed by atoms with van der Waals surface area (Å²) in [7, 11) is 0. The van der Waals surface area contributed by atoms with E-state index in [0.717, 1.165) is 19.2 Å². The molecule has 0 radical (unpaired) electrons. The van der Waals surface area contributed by atoms with Gasteiger partial charge in [0, 0.05) is 57.0 Å². The number of hydrogen-bond donors (Lipinski definition) is 1. The second kappa shape index (κ2) is 8.79. The lowest BCUT2D eigenvalue weighted by Crippen LogP contribution is -2.58. The van der Waals surface area contributed by atoms with Crippen molar-refractivity contribution in [2.45, 2.75) is 25.6 Å². The summed E-state index contributed by atoms with van der Waals surface area (Å²) < 4.78 is 44.2. The molecule has 6 nitrogen and oxygen atoms in total. The number of piperazine rings is 1. The number of benzene rings is 1. The van der Waals surface area contributed by atoms with Crippen LogP contribution in [0.15, 0.2) is 24.3 Å². The van der Waals surface area contributed by atoms with Crippen LogP contribution in [0.2, 0.25) is 0 Å². The second-order valence-electron chi connectivity index (χ2n) is 8.09. The Labute approximate surface area is 169 Å². The first-order valence-electron chi connectivity index (χ1n) is 9.95. The van der Waals surface area contributed by atoms with E-state index >= 15 is 0 Å². The minimum absolute atomic E-state index is 0.130. The van der Waals surface area contributed by atoms with Gasteiger partial charge in [0.15, 0.2) is 0 Å². The zero-order chi connectivity index (χ0) is 21.1. The number of urea groups is 1. The molecule has 0 aromatic heterocycles. The molecule has 1 aromatic rings. The number of alkyl halides is 3. The minimum Gasteiger partial charge on any atom is -0.379 e. The van der Waals surface area contributed by atoms with Crippen molar-refractivity contribution in [2.24, 2.45) is 0 Å². The van der Waals surface area contributed by atoms with Crippen molar-refractivity contribution >= 4 is 11.7 Å². The van der Waals surface area contributed by atoms with Crippen molar-refractivity contribution in [2.75, 3.05) is 63.9 Å². The van der Waals surface area contributed by atoms with Gasteiger partial charge in [-0.15, -0.1) is 0 Å². The molecule has 0 saturated carbocycles. The monoisotopic (exact) mass is 414 g/mol. The number of halogens is 3. The third-order valence-electron chi connectivity index (χ3n) is 5.64. The maximum atomic E-state index is 12.9. The molecule has 0 bridgehead atoms. The van der Waals surface area contributed by atoms with Crippen molar-refractivity contribution in [1.82, 2.24) is 15.1 Å². The minimum atomic E-state index is -4.36. The highest BCUT2D eigenvalue weighted by Gasteiger charge is 2.32. The van der Waals surface area contributed by atoms with E-state index in [2.05, 4.69) is 24.1 Å². The van der Waals surface area contributed by atoms with Gasteiger partial charge in [-0.2, -0.15) is 13.2 Å². The van der Waals surface area contributed by atoms with Gasteiger partial charge in [-0.3, -0.25) is 4.90 Å². The molecule has 0 atom stereocenters. The SMILES string of the molecule is CC(C)(CNC(=O)N1CCN(c2cccc(C(F)(F)F)c2)CC1)N1CCOCC1. The van der Waals surface area contributed by atoms with E-state index in [0.29, 0.717) is 51.6 Å². The topological polar surface area (TPSA) is 48.1 Å². The smallest absolute Gasteiger partial charge is 0.379 e. The fourth-order valence-corrected chi connectivity index (χ4v) is 3.73. The third kappa shape index (κ3) is 5.54. The van der Waals surface area contributed by atoms with Crippen LogP contribution < -0.4 is 10.2 Å². The predicted molar refractivity (Wildman–Crippen MR) is 105 cm³/mol. The average molecular weight is 414 g/mol. The number of ether oxygens (including phenoxy) is 1. The molecule has 0 spiro atoms. The summed E-state index contributed by atoms with van der Waals surface area (Å²) in [6.07, 6.45) is -4.36. The predicted octanol–water partition coefficient (Wildman–Crippen LogP) is 2.65. The van der Waals surface area contributed by atoms with Crippen molar-refractivity contribution in [3.05, 3.63) is 29.8 Å². The molecule has 29 heavy (non-hydrogen) atoms. The van der Waals surface area contributed by atoms with Gasteiger partial charge in [-0.1, -0.05) is 6.07 Å². The first kappa shape index (κ1) is 21.7. The van der Waals surface area contributed by atoms with Gasteiger partial charge in [0.05, 0.1) is 18.8 Å². The van der Waals surface area contributed by atoms with Crippen molar-refractivity contribution in [3.8, 4) is 0 Å². The zero-order valence-electron chi connectivity index (χ0n) is 17.0. The van der Waals surface area contributed by atoms with Gasteiger partial charge in [0.1, 0.15) is 0 Å². The highest BCUT2D eigenvalue weighted by molar-refractivity contribution is 5.74. The number of rotatable bonds is 4. The number of nitrogens with one attached hydrogen (secondary N) is 1. The van der Waals surface area contributed by atoms with Crippen LogP contribution in [-0.4, -0.2) is 80.4 Å². The van der Waals surface area contributed by atoms with Crippen LogP contribution in [-0.2, 0) is 10.9 Å². The van der Waals surface area contributed by atoms with Gasteiger partial charge in [0.2, 0.25) is 0 Å². The zero-order valence-corrected chi connectivity index (χ0v) is 17.0. The first-order chi connectivity index (χ1) is 13.7. The normalized spacial score (nSPS) is 19.3. The number of hydrogen-bond acceptors (Lipinski definition) is 4. The van der Waals surface area contributed by atoms with Gasteiger partial charge < -0.3 is 19.9 Å². The summed E-state index contributed by atoms with van der Waals surface area (Å²) in [6, 6.07) is 5.21. The molecular weight excluding hydrogens is 385 g/mol. The molecule has 2 aliphatic rings. The lowest BCUT2D eigenvalue weighted by Gasteiger charge is -2.41. The van der Waals surface area contributed by atoms with Gasteiger partial charge >= 0.3 is 12.2 Å². The van der Waals surface area contributed by atoms with E-state index in [1.807, 2.05) is 4.90 Å². The number of amides is 2. The average Bonchev–Trinajstić information content (AvgIpc) is 2.72. The van der Waals surface area contributed by atoms with E-state index in [1.54, 1.807) is 11.0 Å². The fraction of sp³-hybridized carbons (Fsp3) is 0.650. The molecule has 1 aromatic carbocycles. The lowest BCUT2D eigenvalue weighted by molar-refractivity contribution is -0.137. The molecule has 2 amide bonds. The summed E-state index contributed by atoms with van der Waals surface area (Å²) in [5, 5.41) is 3.01. The van der Waals surface area contributed by atoms with Gasteiger partial charge in [-0.25, -0.2) is 4.79 Å². The molecule has 2 heterocycles. The van der Waals surface area contributed by atoms with Crippen LogP contribution in [0.1, 0.15) is 19.4 Å². The quantitative estimate of drug-likeness (QED) is 0.823. The van der Waals surface area contributed by atoms with Crippen LogP contribution in [0.3, 0.4) is 0 Å². The molecule has 0 aliphatic carbocycles. The fourth-order valence-electron chi connectivity index (χ4n) is 3.73. The number of morpholine rings is 1. The Morgan fingerprint density at radius 2 is 1.72 bits per heavy atom. The Morgan fingerprint density at radius 1 is 1.07 bits per heavy atom. The van der Waals surface area contributed by atoms with E-state index in [1.165, 1.54) is 12.1 Å². The van der Waals surface area contributed by atoms with E-state index in [4.69, 9.17) is 4.74 Å². The molecule has 3 rings (SSSR count). The number of nitrogens with zero attached hydrogens (tertiary/aromatic N) is 3. The Bertz CT molecular complexity index is 697. The molecule has 9 heteroatoms. The number of carbonyl (C=O) groups is 1. The molecule has 0 unspecified atom stereocenters. The summed E-state index contributed by atoms with van der Waals surface area (Å²) in [5.74, 6) is 0. The summed E-state index contributed by atoms with van der Waals surface area (Å²) in [5.41, 5.74) is -0.284. The van der Waals surface area contributed by atoms with Gasteiger partial charge in [0.25, 0.3) is 0 Å². The van der Waals surface area contributed by atoms with Crippen molar-refractivity contribution in [1.29, 1.82) is 0 Å². The highest BCUT2D eigenvalue weighted by Crippen LogP contribution is 2.31. The largest absolute Gasteiger partial charge is 0.416 e. The van der Waals surface area contributed by atoms with Crippen LogP contribution in [0.25, 0.3) is 0 Å². The molecule has 1 N–H and O–H groups in total. The van der Waals surface area contributed by atoms with Crippen LogP contribution in [0, 0.1) is 0 Å². The van der Waals surface area contributed by atoms with E-state index in [9.17, 15) is 18.0 Å². The second-order valence-corrected chi connectivity index (χ2v) is 8.09. The summed E-state index contributed by atoms with van der Waals surface area (Å²) in [4.78, 5) is 18.5. The molecule has 2 fully saturated rings. The molecule has 162 valence electrons. The summed E-state index contributed by atoms with van der Waals surface area (Å²) >= 11 is 0. The van der Waals surface area contributed by atoms with Crippen molar-refractivity contribution in [3.63, 3.8) is 0 Å². The summed E-state index contributed by atoms with van der Waals surface area (Å²) in [6.45, 7) is 9.78. The van der Waals surface area contributed by atoms with Gasteiger partial charge in [-0.05, 0) is 32.0 Å². The molecule has 2 saturated heterocycles. The van der Waals surface area contributed by atoms with Crippen LogP contribution in [0.5, 0.6) is 0 Å². The lowest BCUT2D eigenvalue weighted by atomic mass is 10.0.